The van der Waals surface area contributed by atoms with Crippen molar-refractivity contribution in [3.63, 3.8) is 0 Å². The average Bonchev–Trinajstić information content (AvgIpc) is 2.63. The van der Waals surface area contributed by atoms with Crippen LogP contribution < -0.4 is 0 Å². The third-order valence-corrected chi connectivity index (χ3v) is 4.42. The summed E-state index contributed by atoms with van der Waals surface area (Å²) in [6, 6.07) is 5.10. The van der Waals surface area contributed by atoms with Gasteiger partial charge in [-0.3, -0.25) is 0 Å². The Bertz CT molecular complexity index is 571. The standard InChI is InChI=1S/C10H7BrN2O2S2/c1-5-12-13-10(16-5)17-6-2-3-7(9(14)15)8(11)4-6/h2-4H,1H3,(H,14,15). The zero-order valence-electron chi connectivity index (χ0n) is 8.68. The zero-order valence-corrected chi connectivity index (χ0v) is 11.9. The van der Waals surface area contributed by atoms with Crippen LogP contribution in [-0.2, 0) is 0 Å². The Hall–Kier alpha value is -0.920. The second-order valence-electron chi connectivity index (χ2n) is 3.14. The minimum absolute atomic E-state index is 0.253. The molecule has 0 spiro atoms. The summed E-state index contributed by atoms with van der Waals surface area (Å²) in [7, 11) is 0. The van der Waals surface area contributed by atoms with Gasteiger partial charge in [0.1, 0.15) is 5.01 Å². The molecule has 0 fully saturated rings. The van der Waals surface area contributed by atoms with E-state index >= 15 is 0 Å². The van der Waals surface area contributed by atoms with Gasteiger partial charge < -0.3 is 5.11 Å². The highest BCUT2D eigenvalue weighted by Crippen LogP contribution is 2.32. The SMILES string of the molecule is Cc1nnc(Sc2ccc(C(=O)O)c(Br)c2)s1. The Morgan fingerprint density at radius 3 is 2.76 bits per heavy atom. The Morgan fingerprint density at radius 2 is 2.24 bits per heavy atom. The molecule has 1 heterocycles. The second-order valence-corrected chi connectivity index (χ2v) is 6.49. The summed E-state index contributed by atoms with van der Waals surface area (Å²) in [6.07, 6.45) is 0. The van der Waals surface area contributed by atoms with E-state index in [2.05, 4.69) is 26.1 Å². The second kappa shape index (κ2) is 5.16. The Kier molecular flexibility index (Phi) is 3.80. The van der Waals surface area contributed by atoms with Gasteiger partial charge in [0.25, 0.3) is 0 Å². The summed E-state index contributed by atoms with van der Waals surface area (Å²) in [4.78, 5) is 11.8. The molecule has 17 heavy (non-hydrogen) atoms. The van der Waals surface area contributed by atoms with E-state index in [1.807, 2.05) is 6.92 Å². The highest BCUT2D eigenvalue weighted by Gasteiger charge is 2.10. The van der Waals surface area contributed by atoms with Crippen LogP contribution in [0.2, 0.25) is 0 Å². The van der Waals surface area contributed by atoms with Crippen LogP contribution in [0.3, 0.4) is 0 Å². The van der Waals surface area contributed by atoms with Crippen molar-refractivity contribution in [2.45, 2.75) is 16.2 Å². The van der Waals surface area contributed by atoms with E-state index < -0.39 is 5.97 Å². The van der Waals surface area contributed by atoms with Crippen molar-refractivity contribution < 1.29 is 9.90 Å². The first-order valence-electron chi connectivity index (χ1n) is 4.57. The predicted molar refractivity (Wildman–Crippen MR) is 69.9 cm³/mol. The summed E-state index contributed by atoms with van der Waals surface area (Å²) in [6.45, 7) is 1.89. The van der Waals surface area contributed by atoms with Crippen LogP contribution in [0.4, 0.5) is 0 Å². The van der Waals surface area contributed by atoms with E-state index in [-0.39, 0.29) is 5.56 Å². The van der Waals surface area contributed by atoms with Gasteiger partial charge in [-0.05, 0) is 41.1 Å². The van der Waals surface area contributed by atoms with Crippen LogP contribution in [0.1, 0.15) is 15.4 Å². The normalized spacial score (nSPS) is 10.5. The Labute approximate surface area is 114 Å². The van der Waals surface area contributed by atoms with Crippen LogP contribution in [0.15, 0.2) is 31.9 Å². The maximum Gasteiger partial charge on any atom is 0.336 e. The zero-order chi connectivity index (χ0) is 12.4. The molecule has 7 heteroatoms. The molecular weight excluding hydrogens is 324 g/mol. The fourth-order valence-corrected chi connectivity index (χ4v) is 3.68. The van der Waals surface area contributed by atoms with Crippen LogP contribution in [0, 0.1) is 6.92 Å². The maximum absolute atomic E-state index is 10.8. The molecule has 0 bridgehead atoms. The van der Waals surface area contributed by atoms with Crippen LogP contribution in [0.25, 0.3) is 0 Å². The van der Waals surface area contributed by atoms with Crippen molar-refractivity contribution in [2.75, 3.05) is 0 Å². The fraction of sp³-hybridized carbons (Fsp3) is 0.100. The van der Waals surface area contributed by atoms with Crippen molar-refractivity contribution in [3.05, 3.63) is 33.2 Å². The number of benzene rings is 1. The summed E-state index contributed by atoms with van der Waals surface area (Å²) in [5, 5.41) is 17.7. The molecule has 1 aromatic carbocycles. The molecule has 0 aliphatic rings. The summed E-state index contributed by atoms with van der Waals surface area (Å²) in [5.41, 5.74) is 0.253. The lowest BCUT2D eigenvalue weighted by Crippen LogP contribution is -1.96. The van der Waals surface area contributed by atoms with Crippen molar-refractivity contribution in [2.24, 2.45) is 0 Å². The fourth-order valence-electron chi connectivity index (χ4n) is 1.15. The molecule has 1 aromatic heterocycles. The summed E-state index contributed by atoms with van der Waals surface area (Å²) >= 11 is 6.21. The molecule has 2 aromatic rings. The van der Waals surface area contributed by atoms with Gasteiger partial charge in [-0.25, -0.2) is 4.79 Å². The molecule has 0 unspecified atom stereocenters. The molecule has 0 amide bonds. The third kappa shape index (κ3) is 3.05. The van der Waals surface area contributed by atoms with E-state index in [0.29, 0.717) is 4.47 Å². The number of nitrogens with zero attached hydrogens (tertiary/aromatic N) is 2. The maximum atomic E-state index is 10.8. The molecular formula is C10H7BrN2O2S2. The molecule has 0 saturated heterocycles. The number of carboxylic acid groups (broad SMARTS) is 1. The average molecular weight is 331 g/mol. The third-order valence-electron chi connectivity index (χ3n) is 1.88. The molecule has 0 aliphatic heterocycles. The van der Waals surface area contributed by atoms with E-state index in [1.165, 1.54) is 23.1 Å². The molecule has 0 aliphatic carbocycles. The van der Waals surface area contributed by atoms with Gasteiger partial charge in [-0.15, -0.1) is 10.2 Å². The van der Waals surface area contributed by atoms with Gasteiger partial charge >= 0.3 is 5.97 Å². The number of carboxylic acids is 1. The number of halogens is 1. The highest BCUT2D eigenvalue weighted by atomic mass is 79.9. The lowest BCUT2D eigenvalue weighted by Gasteiger charge is -2.01. The number of hydrogen-bond donors (Lipinski definition) is 1. The van der Waals surface area contributed by atoms with E-state index in [1.54, 1.807) is 18.2 Å². The number of hydrogen-bond acceptors (Lipinski definition) is 5. The minimum atomic E-state index is -0.944. The molecule has 0 radical (unpaired) electrons. The van der Waals surface area contributed by atoms with Crippen LogP contribution in [-0.4, -0.2) is 21.3 Å². The van der Waals surface area contributed by atoms with Crippen molar-refractivity contribution in [3.8, 4) is 0 Å². The molecule has 4 nitrogen and oxygen atoms in total. The van der Waals surface area contributed by atoms with E-state index in [4.69, 9.17) is 5.11 Å². The monoisotopic (exact) mass is 330 g/mol. The quantitative estimate of drug-likeness (QED) is 0.933. The van der Waals surface area contributed by atoms with Crippen LogP contribution in [0.5, 0.6) is 0 Å². The number of aryl methyl sites for hydroxylation is 1. The number of carbonyl (C=O) groups is 1. The first kappa shape index (κ1) is 12.5. The van der Waals surface area contributed by atoms with Crippen molar-refractivity contribution >= 4 is 45.0 Å². The molecule has 1 N–H and O–H groups in total. The smallest absolute Gasteiger partial charge is 0.336 e. The minimum Gasteiger partial charge on any atom is -0.478 e. The topological polar surface area (TPSA) is 63.1 Å². The van der Waals surface area contributed by atoms with Gasteiger partial charge in [0, 0.05) is 9.37 Å². The predicted octanol–water partition coefficient (Wildman–Crippen LogP) is 3.46. The van der Waals surface area contributed by atoms with Gasteiger partial charge in [-0.1, -0.05) is 23.1 Å². The largest absolute Gasteiger partial charge is 0.478 e. The molecule has 0 atom stereocenters. The summed E-state index contributed by atoms with van der Waals surface area (Å²) < 4.78 is 1.41. The molecule has 0 saturated carbocycles. The highest BCUT2D eigenvalue weighted by molar-refractivity contribution is 9.10. The Balaban J connectivity index is 2.23. The van der Waals surface area contributed by atoms with E-state index in [0.717, 1.165) is 14.2 Å². The molecule has 2 rings (SSSR count). The lowest BCUT2D eigenvalue weighted by molar-refractivity contribution is 0.0696. The lowest BCUT2D eigenvalue weighted by atomic mass is 10.2. The van der Waals surface area contributed by atoms with Gasteiger partial charge in [0.05, 0.1) is 5.56 Å². The van der Waals surface area contributed by atoms with E-state index in [9.17, 15) is 4.79 Å². The van der Waals surface area contributed by atoms with Gasteiger partial charge in [-0.2, -0.15) is 0 Å². The van der Waals surface area contributed by atoms with Crippen LogP contribution >= 0.6 is 39.0 Å². The molecule has 88 valence electrons. The van der Waals surface area contributed by atoms with Gasteiger partial charge in [0.15, 0.2) is 4.34 Å². The van der Waals surface area contributed by atoms with Crippen molar-refractivity contribution in [1.82, 2.24) is 10.2 Å². The van der Waals surface area contributed by atoms with Gasteiger partial charge in [0.2, 0.25) is 0 Å². The number of aromatic carboxylic acids is 1. The first-order valence-corrected chi connectivity index (χ1v) is 6.99. The Morgan fingerprint density at radius 1 is 1.47 bits per heavy atom. The number of aromatic nitrogens is 2. The van der Waals surface area contributed by atoms with Crippen molar-refractivity contribution in [1.29, 1.82) is 0 Å². The first-order chi connectivity index (χ1) is 8.06. The number of rotatable bonds is 3. The summed E-state index contributed by atoms with van der Waals surface area (Å²) in [5.74, 6) is -0.944.